The molecule has 1 amide bonds. The zero-order valence-electron chi connectivity index (χ0n) is 16.2. The summed E-state index contributed by atoms with van der Waals surface area (Å²) in [5.41, 5.74) is 7.23. The molecule has 8 heteroatoms. The molecule has 4 rings (SSSR count). The number of hydrogen-bond donors (Lipinski definition) is 2. The van der Waals surface area contributed by atoms with E-state index in [0.29, 0.717) is 22.8 Å². The van der Waals surface area contributed by atoms with Crippen molar-refractivity contribution in [1.29, 1.82) is 0 Å². The maximum absolute atomic E-state index is 13.0. The Morgan fingerprint density at radius 3 is 2.50 bits per heavy atom. The van der Waals surface area contributed by atoms with Crippen molar-refractivity contribution in [1.82, 2.24) is 5.32 Å². The van der Waals surface area contributed by atoms with E-state index in [2.05, 4.69) is 10.2 Å². The molecule has 2 heterocycles. The fraction of sp³-hybridized carbons (Fsp3) is 0.273. The number of alkyl halides is 3. The van der Waals surface area contributed by atoms with E-state index in [1.807, 2.05) is 6.07 Å². The zero-order chi connectivity index (χ0) is 21.3. The van der Waals surface area contributed by atoms with Crippen LogP contribution in [0.25, 0.3) is 0 Å². The number of anilines is 2. The fourth-order valence-corrected chi connectivity index (χ4v) is 3.66. The standard InChI is InChI=1S/C22H21F3N4O/c23-22(24,25)15-5-4-6-17(13-15)29-12-9-20(29)27-21(30)18-14-16(7-8-19(18)26)28-10-2-1-3-11-28/h4-9,12-14H,1-3,10-11H2,(H2,26,30)/p+1. The number of nitrogen functional groups attached to an aromatic ring is 1. The lowest BCUT2D eigenvalue weighted by molar-refractivity contribution is -0.395. The zero-order valence-corrected chi connectivity index (χ0v) is 16.2. The van der Waals surface area contributed by atoms with E-state index in [1.165, 1.54) is 17.1 Å². The Bertz CT molecular complexity index is 1040. The van der Waals surface area contributed by atoms with Crippen molar-refractivity contribution in [2.24, 2.45) is 0 Å². The molecule has 3 N–H and O–H groups in total. The number of piperidine rings is 1. The minimum atomic E-state index is -4.43. The average Bonchev–Trinajstić information content (AvgIpc) is 2.71. The molecule has 1 saturated heterocycles. The second-order valence-electron chi connectivity index (χ2n) is 7.39. The van der Waals surface area contributed by atoms with Gasteiger partial charge < -0.3 is 10.6 Å². The van der Waals surface area contributed by atoms with Crippen molar-refractivity contribution in [3.05, 3.63) is 65.5 Å². The van der Waals surface area contributed by atoms with E-state index in [1.54, 1.807) is 30.5 Å². The number of carbonyl (C=O) groups excluding carboxylic acids is 1. The molecule has 2 aromatic carbocycles. The van der Waals surface area contributed by atoms with Crippen LogP contribution >= 0.6 is 0 Å². The van der Waals surface area contributed by atoms with Gasteiger partial charge in [-0.15, -0.1) is 0 Å². The molecule has 0 saturated carbocycles. The van der Waals surface area contributed by atoms with Crippen molar-refractivity contribution in [2.45, 2.75) is 25.4 Å². The second kappa shape index (κ2) is 7.85. The minimum Gasteiger partial charge on any atom is -0.398 e. The van der Waals surface area contributed by atoms with Crippen LogP contribution in [0.4, 0.5) is 30.2 Å². The Labute approximate surface area is 172 Å². The van der Waals surface area contributed by atoms with Crippen LogP contribution in [0.1, 0.15) is 35.2 Å². The minimum absolute atomic E-state index is 0.317. The molecule has 0 bridgehead atoms. The van der Waals surface area contributed by atoms with Crippen molar-refractivity contribution >= 4 is 29.2 Å². The summed E-state index contributed by atoms with van der Waals surface area (Å²) in [5.74, 6) is -0.00946. The van der Waals surface area contributed by atoms with Crippen LogP contribution in [0.3, 0.4) is 0 Å². The summed E-state index contributed by atoms with van der Waals surface area (Å²) in [6.45, 7) is 1.88. The number of allylic oxidation sites excluding steroid dienone is 1. The van der Waals surface area contributed by atoms with E-state index in [-0.39, 0.29) is 0 Å². The Hall–Kier alpha value is -3.29. The Kier molecular flexibility index (Phi) is 5.24. The summed E-state index contributed by atoms with van der Waals surface area (Å²) in [6, 6.07) is 10.3. The van der Waals surface area contributed by atoms with Crippen LogP contribution in [0, 0.1) is 0 Å². The molecule has 1 fully saturated rings. The first-order chi connectivity index (χ1) is 14.3. The van der Waals surface area contributed by atoms with Gasteiger partial charge in [-0.1, -0.05) is 6.07 Å². The van der Waals surface area contributed by atoms with Crippen LogP contribution < -0.4 is 16.0 Å². The Morgan fingerprint density at radius 2 is 1.83 bits per heavy atom. The smallest absolute Gasteiger partial charge is 0.398 e. The van der Waals surface area contributed by atoms with Gasteiger partial charge in [-0.2, -0.15) is 17.7 Å². The van der Waals surface area contributed by atoms with Crippen LogP contribution in [0.15, 0.2) is 54.4 Å². The lowest BCUT2D eigenvalue weighted by Crippen LogP contribution is -2.33. The van der Waals surface area contributed by atoms with Gasteiger partial charge >= 0.3 is 12.1 Å². The SMILES string of the molecule is Nc1ccc(N2CCCCC2)cc1C(=O)NC1=CC=[N+]1c1cccc(C(F)(F)F)c1. The fourth-order valence-electron chi connectivity index (χ4n) is 3.66. The number of amides is 1. The molecule has 2 aliphatic rings. The summed E-state index contributed by atoms with van der Waals surface area (Å²) in [4.78, 5) is 15.1. The highest BCUT2D eigenvalue weighted by molar-refractivity contribution is 6.01. The van der Waals surface area contributed by atoms with Gasteiger partial charge in [0.15, 0.2) is 0 Å². The summed E-state index contributed by atoms with van der Waals surface area (Å²) in [5, 5.41) is 2.75. The highest BCUT2D eigenvalue weighted by Gasteiger charge is 2.32. The van der Waals surface area contributed by atoms with Crippen molar-refractivity contribution in [2.75, 3.05) is 23.7 Å². The largest absolute Gasteiger partial charge is 0.416 e. The number of halogens is 3. The maximum atomic E-state index is 13.0. The summed E-state index contributed by atoms with van der Waals surface area (Å²) in [7, 11) is 0. The van der Waals surface area contributed by atoms with Gasteiger partial charge in [-0.25, -0.2) is 10.1 Å². The van der Waals surface area contributed by atoms with E-state index < -0.39 is 17.6 Å². The lowest BCUT2D eigenvalue weighted by Gasteiger charge is -2.29. The Morgan fingerprint density at radius 1 is 1.07 bits per heavy atom. The van der Waals surface area contributed by atoms with E-state index in [0.717, 1.165) is 43.8 Å². The molecule has 0 aliphatic carbocycles. The molecule has 0 spiro atoms. The molecule has 2 aliphatic heterocycles. The van der Waals surface area contributed by atoms with E-state index in [4.69, 9.17) is 5.73 Å². The van der Waals surface area contributed by atoms with Gasteiger partial charge in [-0.05, 0) is 55.7 Å². The van der Waals surface area contributed by atoms with Gasteiger partial charge in [0, 0.05) is 24.5 Å². The maximum Gasteiger partial charge on any atom is 0.416 e. The van der Waals surface area contributed by atoms with Crippen LogP contribution in [-0.2, 0) is 6.18 Å². The highest BCUT2D eigenvalue weighted by atomic mass is 19.4. The normalized spacial score (nSPS) is 16.4. The number of carbonyl (C=O) groups is 1. The number of hydrogen-bond acceptors (Lipinski definition) is 3. The van der Waals surface area contributed by atoms with Crippen LogP contribution in [0.5, 0.6) is 0 Å². The number of rotatable bonds is 4. The van der Waals surface area contributed by atoms with Gasteiger partial charge in [0.1, 0.15) is 11.9 Å². The number of nitrogens with two attached hydrogens (primary N) is 1. The monoisotopic (exact) mass is 415 g/mol. The van der Waals surface area contributed by atoms with Crippen molar-refractivity contribution < 1.29 is 22.5 Å². The number of nitrogens with zero attached hydrogens (tertiary/aromatic N) is 2. The van der Waals surface area contributed by atoms with Gasteiger partial charge in [0.2, 0.25) is 0 Å². The van der Waals surface area contributed by atoms with E-state index >= 15 is 0 Å². The lowest BCUT2D eigenvalue weighted by atomic mass is 10.1. The summed E-state index contributed by atoms with van der Waals surface area (Å²) in [6.07, 6.45) is 2.22. The first kappa shape index (κ1) is 20.0. The predicted molar refractivity (Wildman–Crippen MR) is 110 cm³/mol. The number of nitrogens with one attached hydrogen (secondary N) is 1. The third-order valence-electron chi connectivity index (χ3n) is 5.34. The number of benzene rings is 2. The summed E-state index contributed by atoms with van der Waals surface area (Å²) >= 11 is 0. The topological polar surface area (TPSA) is 61.4 Å². The molecule has 0 unspecified atom stereocenters. The van der Waals surface area contributed by atoms with Crippen molar-refractivity contribution in [3.63, 3.8) is 0 Å². The van der Waals surface area contributed by atoms with Gasteiger partial charge in [-0.3, -0.25) is 0 Å². The quantitative estimate of drug-likeness (QED) is 0.579. The molecule has 0 radical (unpaired) electrons. The first-order valence-electron chi connectivity index (χ1n) is 9.80. The molecule has 156 valence electrons. The van der Waals surface area contributed by atoms with Crippen LogP contribution in [-0.4, -0.2) is 29.8 Å². The third kappa shape index (κ3) is 4.03. The molecule has 0 atom stereocenters. The Balaban J connectivity index is 1.50. The molecular formula is C22H22F3N4O+. The molecule has 5 nitrogen and oxygen atoms in total. The second-order valence-corrected chi connectivity index (χ2v) is 7.39. The molecule has 30 heavy (non-hydrogen) atoms. The van der Waals surface area contributed by atoms with Crippen LogP contribution in [0.2, 0.25) is 0 Å². The van der Waals surface area contributed by atoms with Crippen molar-refractivity contribution in [3.8, 4) is 0 Å². The molecule has 2 aromatic rings. The average molecular weight is 415 g/mol. The summed E-state index contributed by atoms with van der Waals surface area (Å²) < 4.78 is 40.5. The molecular weight excluding hydrogens is 393 g/mol. The third-order valence-corrected chi connectivity index (χ3v) is 5.34. The van der Waals surface area contributed by atoms with Gasteiger partial charge in [0.25, 0.3) is 5.82 Å². The first-order valence-corrected chi connectivity index (χ1v) is 9.80. The van der Waals surface area contributed by atoms with Gasteiger partial charge in [0.05, 0.1) is 17.2 Å². The predicted octanol–water partition coefficient (Wildman–Crippen LogP) is 4.28. The highest BCUT2D eigenvalue weighted by Crippen LogP contribution is 2.32. The van der Waals surface area contributed by atoms with E-state index in [9.17, 15) is 18.0 Å². The molecule has 0 aromatic heterocycles.